The number of carboxylic acid groups (broad SMARTS) is 1. The van der Waals surface area contributed by atoms with E-state index in [9.17, 15) is 9.59 Å². The molecule has 2 amide bonds. The lowest BCUT2D eigenvalue weighted by molar-refractivity contribution is -0.146. The Morgan fingerprint density at radius 2 is 1.94 bits per heavy atom. The third kappa shape index (κ3) is 3.33. The van der Waals surface area contributed by atoms with Gasteiger partial charge >= 0.3 is 12.0 Å². The Balaban J connectivity index is 1.57. The molecule has 0 aliphatic carbocycles. The third-order valence-electron chi connectivity index (χ3n) is 3.43. The van der Waals surface area contributed by atoms with Gasteiger partial charge in [0.05, 0.1) is 5.92 Å². The summed E-state index contributed by atoms with van der Waals surface area (Å²) < 4.78 is 0. The second-order valence-corrected chi connectivity index (χ2v) is 4.76. The van der Waals surface area contributed by atoms with Gasteiger partial charge in [0.1, 0.15) is 0 Å². The summed E-state index contributed by atoms with van der Waals surface area (Å²) in [5.74, 6) is -1.20. The van der Waals surface area contributed by atoms with E-state index in [0.717, 1.165) is 32.7 Å². The number of hydrogen-bond acceptors (Lipinski definition) is 4. The van der Waals surface area contributed by atoms with E-state index < -0.39 is 5.97 Å². The summed E-state index contributed by atoms with van der Waals surface area (Å²) in [5, 5.41) is 14.8. The van der Waals surface area contributed by atoms with Crippen molar-refractivity contribution in [1.29, 1.82) is 0 Å². The molecule has 18 heavy (non-hydrogen) atoms. The molecule has 0 saturated carbocycles. The highest BCUT2D eigenvalue weighted by molar-refractivity contribution is 5.79. The van der Waals surface area contributed by atoms with E-state index in [2.05, 4.69) is 15.5 Å². The number of nitrogens with zero attached hydrogens (tertiary/aromatic N) is 2. The first-order valence-corrected chi connectivity index (χ1v) is 6.35. The maximum atomic E-state index is 11.6. The van der Waals surface area contributed by atoms with Crippen LogP contribution >= 0.6 is 0 Å². The van der Waals surface area contributed by atoms with Crippen molar-refractivity contribution in [3.8, 4) is 0 Å². The lowest BCUT2D eigenvalue weighted by Gasteiger charge is -2.36. The summed E-state index contributed by atoms with van der Waals surface area (Å²) in [6, 6.07) is -0.150. The molecule has 7 heteroatoms. The van der Waals surface area contributed by atoms with Gasteiger partial charge in [-0.05, 0) is 0 Å². The van der Waals surface area contributed by atoms with Crippen LogP contribution in [0.15, 0.2) is 0 Å². The molecule has 2 saturated heterocycles. The lowest BCUT2D eigenvalue weighted by atomic mass is 10.0. The van der Waals surface area contributed by atoms with E-state index in [1.54, 1.807) is 0 Å². The SMILES string of the molecule is O=C(O)C1CN(C(=O)NCCN2CCNCC2)C1. The number of rotatable bonds is 4. The number of likely N-dealkylation sites (tertiary alicyclic amines) is 1. The highest BCUT2D eigenvalue weighted by Gasteiger charge is 2.35. The fourth-order valence-electron chi connectivity index (χ4n) is 2.17. The fraction of sp³-hybridized carbons (Fsp3) is 0.818. The van der Waals surface area contributed by atoms with Crippen LogP contribution in [0.3, 0.4) is 0 Å². The molecule has 2 aliphatic heterocycles. The largest absolute Gasteiger partial charge is 0.481 e. The summed E-state index contributed by atoms with van der Waals surface area (Å²) in [4.78, 5) is 26.1. The van der Waals surface area contributed by atoms with Crippen molar-refractivity contribution in [2.24, 2.45) is 5.92 Å². The first kappa shape index (κ1) is 13.1. The van der Waals surface area contributed by atoms with Crippen LogP contribution in [0.4, 0.5) is 4.79 Å². The summed E-state index contributed by atoms with van der Waals surface area (Å²) in [6.45, 7) is 6.16. The Hall–Kier alpha value is -1.34. The summed E-state index contributed by atoms with van der Waals surface area (Å²) in [7, 11) is 0. The molecule has 0 aromatic carbocycles. The van der Waals surface area contributed by atoms with Crippen molar-refractivity contribution in [3.63, 3.8) is 0 Å². The van der Waals surface area contributed by atoms with E-state index in [4.69, 9.17) is 5.11 Å². The second-order valence-electron chi connectivity index (χ2n) is 4.76. The molecule has 0 bridgehead atoms. The molecule has 2 rings (SSSR count). The first-order chi connectivity index (χ1) is 8.66. The number of hydrogen-bond donors (Lipinski definition) is 3. The monoisotopic (exact) mass is 256 g/mol. The molecule has 0 atom stereocenters. The lowest BCUT2D eigenvalue weighted by Crippen LogP contribution is -2.57. The van der Waals surface area contributed by atoms with Crippen molar-refractivity contribution in [1.82, 2.24) is 20.4 Å². The minimum absolute atomic E-state index is 0.150. The second kappa shape index (κ2) is 6.01. The van der Waals surface area contributed by atoms with Gasteiger partial charge in [0.2, 0.25) is 0 Å². The molecule has 0 spiro atoms. The number of carboxylic acids is 1. The van der Waals surface area contributed by atoms with Crippen molar-refractivity contribution in [2.45, 2.75) is 0 Å². The summed E-state index contributed by atoms with van der Waals surface area (Å²) in [6.07, 6.45) is 0. The number of urea groups is 1. The molecule has 3 N–H and O–H groups in total. The van der Waals surface area contributed by atoms with Crippen molar-refractivity contribution in [3.05, 3.63) is 0 Å². The van der Waals surface area contributed by atoms with E-state index in [1.165, 1.54) is 4.90 Å². The Morgan fingerprint density at radius 1 is 1.28 bits per heavy atom. The first-order valence-electron chi connectivity index (χ1n) is 6.35. The van der Waals surface area contributed by atoms with Crippen LogP contribution in [-0.4, -0.2) is 79.3 Å². The fourth-order valence-corrected chi connectivity index (χ4v) is 2.17. The Kier molecular flexibility index (Phi) is 4.38. The van der Waals surface area contributed by atoms with Gasteiger partial charge in [-0.3, -0.25) is 9.69 Å². The summed E-state index contributed by atoms with van der Waals surface area (Å²) in [5.41, 5.74) is 0. The van der Waals surface area contributed by atoms with E-state index >= 15 is 0 Å². The van der Waals surface area contributed by atoms with Crippen LogP contribution in [-0.2, 0) is 4.79 Å². The molecule has 0 radical (unpaired) electrons. The maximum absolute atomic E-state index is 11.6. The van der Waals surface area contributed by atoms with Gasteiger partial charge in [-0.15, -0.1) is 0 Å². The average molecular weight is 256 g/mol. The van der Waals surface area contributed by atoms with Crippen LogP contribution in [0, 0.1) is 5.92 Å². The van der Waals surface area contributed by atoms with Crippen LogP contribution in [0.1, 0.15) is 0 Å². The van der Waals surface area contributed by atoms with Gasteiger partial charge < -0.3 is 20.6 Å². The molecule has 2 fully saturated rings. The molecule has 102 valence electrons. The van der Waals surface area contributed by atoms with Crippen LogP contribution in [0.5, 0.6) is 0 Å². The third-order valence-corrected chi connectivity index (χ3v) is 3.43. The van der Waals surface area contributed by atoms with Crippen molar-refractivity contribution >= 4 is 12.0 Å². The van der Waals surface area contributed by atoms with Crippen molar-refractivity contribution < 1.29 is 14.7 Å². The number of amides is 2. The maximum Gasteiger partial charge on any atom is 0.317 e. The van der Waals surface area contributed by atoms with E-state index in [0.29, 0.717) is 19.6 Å². The molecule has 0 aromatic rings. The van der Waals surface area contributed by atoms with Crippen LogP contribution < -0.4 is 10.6 Å². The molecule has 0 aromatic heterocycles. The van der Waals surface area contributed by atoms with Gasteiger partial charge in [0, 0.05) is 52.4 Å². The highest BCUT2D eigenvalue weighted by atomic mass is 16.4. The normalized spacial score (nSPS) is 21.4. The van der Waals surface area contributed by atoms with Crippen LogP contribution in [0.2, 0.25) is 0 Å². The van der Waals surface area contributed by atoms with Gasteiger partial charge in [0.15, 0.2) is 0 Å². The molecule has 2 aliphatic rings. The zero-order valence-electron chi connectivity index (χ0n) is 10.4. The van der Waals surface area contributed by atoms with Gasteiger partial charge in [0.25, 0.3) is 0 Å². The molecular weight excluding hydrogens is 236 g/mol. The van der Waals surface area contributed by atoms with E-state index in [1.807, 2.05) is 0 Å². The Bertz CT molecular complexity index is 311. The van der Waals surface area contributed by atoms with Gasteiger partial charge in [-0.1, -0.05) is 0 Å². The topological polar surface area (TPSA) is 84.9 Å². The zero-order valence-corrected chi connectivity index (χ0v) is 10.4. The predicted molar refractivity (Wildman–Crippen MR) is 65.4 cm³/mol. The quantitative estimate of drug-likeness (QED) is 0.577. The van der Waals surface area contributed by atoms with Gasteiger partial charge in [-0.2, -0.15) is 0 Å². The number of nitrogens with one attached hydrogen (secondary N) is 2. The molecule has 2 heterocycles. The number of piperazine rings is 1. The standard InChI is InChI=1S/C11H20N4O3/c16-10(17)9-7-15(8-9)11(18)13-3-6-14-4-1-12-2-5-14/h9,12H,1-8H2,(H,13,18)(H,16,17). The van der Waals surface area contributed by atoms with E-state index in [-0.39, 0.29) is 11.9 Å². The minimum Gasteiger partial charge on any atom is -0.481 e. The van der Waals surface area contributed by atoms with Gasteiger partial charge in [-0.25, -0.2) is 4.79 Å². The smallest absolute Gasteiger partial charge is 0.317 e. The Labute approximate surface area is 106 Å². The molecule has 0 unspecified atom stereocenters. The average Bonchev–Trinajstić information content (AvgIpc) is 2.28. The number of aliphatic carboxylic acids is 1. The molecule has 7 nitrogen and oxygen atoms in total. The van der Waals surface area contributed by atoms with Crippen molar-refractivity contribution in [2.75, 3.05) is 52.4 Å². The number of carbonyl (C=O) groups is 2. The predicted octanol–water partition coefficient (Wildman–Crippen LogP) is -1.38. The minimum atomic E-state index is -0.820. The summed E-state index contributed by atoms with van der Waals surface area (Å²) >= 11 is 0. The Morgan fingerprint density at radius 3 is 2.56 bits per heavy atom. The van der Waals surface area contributed by atoms with Crippen LogP contribution in [0.25, 0.3) is 0 Å². The molecular formula is C11H20N4O3. The number of carbonyl (C=O) groups excluding carboxylic acids is 1. The zero-order chi connectivity index (χ0) is 13.0. The highest BCUT2D eigenvalue weighted by Crippen LogP contribution is 2.14.